The van der Waals surface area contributed by atoms with Gasteiger partial charge >= 0.3 is 0 Å². The summed E-state index contributed by atoms with van der Waals surface area (Å²) in [4.78, 5) is 12.7. The van der Waals surface area contributed by atoms with Gasteiger partial charge in [-0.15, -0.1) is 0 Å². The van der Waals surface area contributed by atoms with E-state index in [9.17, 15) is 4.79 Å². The second-order valence-electron chi connectivity index (χ2n) is 5.43. The number of ketones is 1. The summed E-state index contributed by atoms with van der Waals surface area (Å²) < 4.78 is 21.9. The molecule has 0 saturated carbocycles. The van der Waals surface area contributed by atoms with Crippen LogP contribution in [0.5, 0.6) is 23.0 Å². The number of carbonyl (C=O) groups is 1. The Bertz CT molecular complexity index is 878. The number of methoxy groups -OCH3 is 1. The molecule has 1 aliphatic rings. The Morgan fingerprint density at radius 2 is 2.12 bits per heavy atom. The third-order valence-electron chi connectivity index (χ3n) is 3.80. The van der Waals surface area contributed by atoms with E-state index in [0.717, 1.165) is 0 Å². The topological polar surface area (TPSA) is 80.0 Å². The number of anilines is 1. The molecule has 0 fully saturated rings. The van der Waals surface area contributed by atoms with Crippen molar-refractivity contribution < 1.29 is 23.7 Å². The minimum Gasteiger partial charge on any atom is -0.492 e. The molecule has 26 heavy (non-hydrogen) atoms. The van der Waals surface area contributed by atoms with E-state index >= 15 is 0 Å². The predicted octanol–water partition coefficient (Wildman–Crippen LogP) is 4.02. The summed E-state index contributed by atoms with van der Waals surface area (Å²) in [7, 11) is 1.54. The first kappa shape index (κ1) is 18.1. The fraction of sp³-hybridized carbons (Fsp3) is 0.211. The normalized spacial score (nSPS) is 12.8. The average Bonchev–Trinajstić information content (AvgIpc) is 3.11. The molecule has 1 aliphatic heterocycles. The molecule has 0 spiro atoms. The summed E-state index contributed by atoms with van der Waals surface area (Å²) in [5.41, 5.74) is 7.50. The molecule has 7 heteroatoms. The fourth-order valence-electron chi connectivity index (χ4n) is 2.60. The number of benzene rings is 2. The third-order valence-corrected chi connectivity index (χ3v) is 4.39. The maximum absolute atomic E-state index is 12.7. The highest BCUT2D eigenvalue weighted by molar-refractivity contribution is 9.12. The molecule has 6 nitrogen and oxygen atoms in total. The van der Waals surface area contributed by atoms with Gasteiger partial charge in [-0.25, -0.2) is 0 Å². The zero-order valence-corrected chi connectivity index (χ0v) is 16.0. The summed E-state index contributed by atoms with van der Waals surface area (Å²) >= 11 is 3.35. The Morgan fingerprint density at radius 3 is 2.81 bits per heavy atom. The number of nitrogen functional groups attached to an aromatic ring is 1. The van der Waals surface area contributed by atoms with Crippen LogP contribution in [0.3, 0.4) is 0 Å². The van der Waals surface area contributed by atoms with Gasteiger partial charge in [-0.1, -0.05) is 0 Å². The molecule has 2 aromatic rings. The van der Waals surface area contributed by atoms with Crippen LogP contribution >= 0.6 is 15.9 Å². The lowest BCUT2D eigenvalue weighted by Gasteiger charge is -2.10. The molecule has 2 aromatic carbocycles. The lowest BCUT2D eigenvalue weighted by Crippen LogP contribution is -2.03. The van der Waals surface area contributed by atoms with Crippen LogP contribution in [0.15, 0.2) is 34.8 Å². The maximum atomic E-state index is 12.7. The van der Waals surface area contributed by atoms with E-state index in [1.165, 1.54) is 7.11 Å². The first-order chi connectivity index (χ1) is 12.5. The molecule has 3 rings (SSSR count). The van der Waals surface area contributed by atoms with Gasteiger partial charge in [-0.3, -0.25) is 4.79 Å². The Morgan fingerprint density at radius 1 is 1.31 bits per heavy atom. The zero-order chi connectivity index (χ0) is 18.7. The molecule has 136 valence electrons. The molecular formula is C19H18BrNO5. The molecule has 0 atom stereocenters. The predicted molar refractivity (Wildman–Crippen MR) is 102 cm³/mol. The average molecular weight is 420 g/mol. The van der Waals surface area contributed by atoms with Crippen molar-refractivity contribution in [3.8, 4) is 23.0 Å². The van der Waals surface area contributed by atoms with Crippen molar-refractivity contribution in [2.75, 3.05) is 26.2 Å². The van der Waals surface area contributed by atoms with Gasteiger partial charge in [0.25, 0.3) is 0 Å². The van der Waals surface area contributed by atoms with Crippen LogP contribution in [0.4, 0.5) is 5.69 Å². The summed E-state index contributed by atoms with van der Waals surface area (Å²) in [5, 5.41) is 0. The lowest BCUT2D eigenvalue weighted by atomic mass is 10.1. The van der Waals surface area contributed by atoms with Crippen LogP contribution in [0.25, 0.3) is 6.08 Å². The van der Waals surface area contributed by atoms with Crippen LogP contribution in [0.1, 0.15) is 22.8 Å². The molecule has 0 unspecified atom stereocenters. The van der Waals surface area contributed by atoms with Gasteiger partial charge in [0.05, 0.1) is 23.9 Å². The number of nitrogens with two attached hydrogens (primary N) is 1. The molecule has 0 amide bonds. The Balaban J connectivity index is 1.90. The first-order valence-electron chi connectivity index (χ1n) is 7.96. The first-order valence-corrected chi connectivity index (χ1v) is 8.75. The highest BCUT2D eigenvalue weighted by Gasteiger charge is 2.22. The maximum Gasteiger partial charge on any atom is 0.231 e. The second-order valence-corrected chi connectivity index (χ2v) is 6.28. The molecular weight excluding hydrogens is 402 g/mol. The lowest BCUT2D eigenvalue weighted by molar-refractivity contribution is 0.104. The van der Waals surface area contributed by atoms with Crippen molar-refractivity contribution in [1.82, 2.24) is 0 Å². The van der Waals surface area contributed by atoms with E-state index in [0.29, 0.717) is 50.9 Å². The summed E-state index contributed by atoms with van der Waals surface area (Å²) in [6.07, 6.45) is 1.68. The smallest absolute Gasteiger partial charge is 0.231 e. The van der Waals surface area contributed by atoms with Crippen molar-refractivity contribution in [1.29, 1.82) is 0 Å². The molecule has 2 N–H and O–H groups in total. The Hall–Kier alpha value is -2.67. The number of carbonyl (C=O) groups excluding carboxylic acids is 1. The number of fused-ring (bicyclic) bond motifs is 1. The van der Waals surface area contributed by atoms with E-state index in [2.05, 4.69) is 15.9 Å². The standard InChI is InChI=1S/C19H18BrNO5/c1-3-24-15-6-4-11(9-14(15)21)17(22)13(20)8-12-5-7-16-19(18(12)23-2)26-10-25-16/h4-9H,3,10,21H2,1-2H3. The Kier molecular flexibility index (Phi) is 5.37. The van der Waals surface area contributed by atoms with Crippen molar-refractivity contribution in [2.24, 2.45) is 0 Å². The third kappa shape index (κ3) is 3.48. The number of hydrogen-bond donors (Lipinski definition) is 1. The summed E-state index contributed by atoms with van der Waals surface area (Å²) in [6, 6.07) is 8.53. The number of ether oxygens (including phenoxy) is 4. The summed E-state index contributed by atoms with van der Waals surface area (Å²) in [5.74, 6) is 2.00. The van der Waals surface area contributed by atoms with Crippen LogP contribution in [0.2, 0.25) is 0 Å². The van der Waals surface area contributed by atoms with E-state index < -0.39 is 0 Å². The number of hydrogen-bond acceptors (Lipinski definition) is 6. The van der Waals surface area contributed by atoms with E-state index in [1.54, 1.807) is 36.4 Å². The van der Waals surface area contributed by atoms with E-state index in [-0.39, 0.29) is 12.6 Å². The minimum atomic E-state index is -0.209. The number of allylic oxidation sites excluding steroid dienone is 1. The van der Waals surface area contributed by atoms with Gasteiger partial charge in [0, 0.05) is 11.1 Å². The van der Waals surface area contributed by atoms with Crippen molar-refractivity contribution >= 4 is 33.5 Å². The minimum absolute atomic E-state index is 0.143. The highest BCUT2D eigenvalue weighted by atomic mass is 79.9. The van der Waals surface area contributed by atoms with Crippen LogP contribution in [-0.2, 0) is 0 Å². The quantitative estimate of drug-likeness (QED) is 0.432. The Labute approximate surface area is 159 Å². The molecule has 0 aromatic heterocycles. The molecule has 0 bridgehead atoms. The van der Waals surface area contributed by atoms with Crippen molar-refractivity contribution in [3.05, 3.63) is 45.9 Å². The number of rotatable bonds is 6. The molecule has 0 aliphatic carbocycles. The highest BCUT2D eigenvalue weighted by Crippen LogP contribution is 2.44. The molecule has 0 saturated heterocycles. The fourth-order valence-corrected chi connectivity index (χ4v) is 3.08. The van der Waals surface area contributed by atoms with E-state index in [4.69, 9.17) is 24.7 Å². The van der Waals surface area contributed by atoms with Crippen LogP contribution < -0.4 is 24.7 Å². The van der Waals surface area contributed by atoms with Crippen molar-refractivity contribution in [3.63, 3.8) is 0 Å². The van der Waals surface area contributed by atoms with Gasteiger partial charge in [-0.2, -0.15) is 0 Å². The van der Waals surface area contributed by atoms with Gasteiger partial charge in [0.2, 0.25) is 12.5 Å². The van der Waals surface area contributed by atoms with Gasteiger partial charge in [-0.05, 0) is 59.3 Å². The van der Waals surface area contributed by atoms with Gasteiger partial charge < -0.3 is 24.7 Å². The number of Topliss-reactive ketones (excluding diaryl/α,β-unsaturated/α-hetero) is 1. The van der Waals surface area contributed by atoms with Gasteiger partial charge in [0.1, 0.15) is 5.75 Å². The number of halogens is 1. The summed E-state index contributed by atoms with van der Waals surface area (Å²) in [6.45, 7) is 2.52. The monoisotopic (exact) mass is 419 g/mol. The SMILES string of the molecule is CCOc1ccc(C(=O)C(Br)=Cc2ccc3c(c2OC)OCO3)cc1N. The zero-order valence-electron chi connectivity index (χ0n) is 14.4. The van der Waals surface area contributed by atoms with Crippen molar-refractivity contribution in [2.45, 2.75) is 6.92 Å². The second kappa shape index (κ2) is 7.70. The van der Waals surface area contributed by atoms with Crippen LogP contribution in [0, 0.1) is 0 Å². The van der Waals surface area contributed by atoms with Gasteiger partial charge in [0.15, 0.2) is 17.3 Å². The van der Waals surface area contributed by atoms with Crippen LogP contribution in [-0.4, -0.2) is 26.3 Å². The van der Waals surface area contributed by atoms with E-state index in [1.807, 2.05) is 6.92 Å². The molecule has 0 radical (unpaired) electrons. The molecule has 1 heterocycles. The largest absolute Gasteiger partial charge is 0.492 e.